The van der Waals surface area contributed by atoms with E-state index in [1.54, 1.807) is 11.6 Å². The van der Waals surface area contributed by atoms with Gasteiger partial charge in [-0.3, -0.25) is 9.59 Å². The van der Waals surface area contributed by atoms with Crippen LogP contribution in [0.1, 0.15) is 28.2 Å². The van der Waals surface area contributed by atoms with Crippen LogP contribution in [0.25, 0.3) is 11.0 Å². The van der Waals surface area contributed by atoms with Gasteiger partial charge >= 0.3 is 12.1 Å². The monoisotopic (exact) mass is 453 g/mol. The fourth-order valence-corrected chi connectivity index (χ4v) is 3.19. The lowest BCUT2D eigenvalue weighted by atomic mass is 10.1. The van der Waals surface area contributed by atoms with Gasteiger partial charge in [0, 0.05) is 19.5 Å². The molecule has 7 nitrogen and oxygen atoms in total. The lowest BCUT2D eigenvalue weighted by Crippen LogP contribution is -2.18. The van der Waals surface area contributed by atoms with Crippen LogP contribution in [0.3, 0.4) is 0 Å². The Morgan fingerprint density at radius 1 is 1.19 bits per heavy atom. The fourth-order valence-electron chi connectivity index (χ4n) is 3.19. The van der Waals surface area contributed by atoms with Crippen LogP contribution in [-0.4, -0.2) is 35.6 Å². The van der Waals surface area contributed by atoms with Crippen LogP contribution in [0.2, 0.25) is 0 Å². The highest BCUT2D eigenvalue weighted by atomic mass is 19.4. The molecule has 0 radical (unpaired) electrons. The molecule has 0 aliphatic rings. The van der Waals surface area contributed by atoms with E-state index >= 15 is 0 Å². The maximum atomic E-state index is 14.3. The number of methoxy groups -OCH3 is 2. The molecule has 1 heterocycles. The summed E-state index contributed by atoms with van der Waals surface area (Å²) in [6.07, 6.45) is -4.52. The molecule has 0 atom stereocenters. The Kier molecular flexibility index (Phi) is 6.37. The lowest BCUT2D eigenvalue weighted by molar-refractivity contribution is -0.141. The molecule has 11 heteroatoms. The normalized spacial score (nSPS) is 11.5. The second kappa shape index (κ2) is 8.85. The summed E-state index contributed by atoms with van der Waals surface area (Å²) in [6.45, 7) is 0. The third-order valence-corrected chi connectivity index (χ3v) is 4.87. The number of fused-ring (bicyclic) bond motifs is 1. The van der Waals surface area contributed by atoms with Gasteiger partial charge in [0.2, 0.25) is 0 Å². The topological polar surface area (TPSA) is 82.5 Å². The molecule has 0 aliphatic carbocycles. The van der Waals surface area contributed by atoms with Crippen LogP contribution in [0.5, 0.6) is 5.75 Å². The van der Waals surface area contributed by atoms with Crippen molar-refractivity contribution in [1.29, 1.82) is 0 Å². The zero-order chi connectivity index (χ0) is 23.6. The second-order valence-electron chi connectivity index (χ2n) is 6.82. The molecule has 0 bridgehead atoms. The first-order valence-corrected chi connectivity index (χ1v) is 9.34. The Labute approximate surface area is 179 Å². The molecular formula is C21H19F4N3O4. The van der Waals surface area contributed by atoms with Crippen LogP contribution < -0.4 is 10.1 Å². The highest BCUT2D eigenvalue weighted by molar-refractivity contribution is 6.06. The SMILES string of the molecule is COC(=O)CCc1nc2cc(OC)c(NC(=O)c3cccc(C(F)(F)F)c3F)cc2n1C. The number of nitrogens with one attached hydrogen (secondary N) is 1. The summed E-state index contributed by atoms with van der Waals surface area (Å²) in [5, 5.41) is 2.40. The molecule has 2 aromatic carbocycles. The Hall–Kier alpha value is -3.63. The number of anilines is 1. The number of carbonyl (C=O) groups is 2. The quantitative estimate of drug-likeness (QED) is 0.449. The van der Waals surface area contributed by atoms with Gasteiger partial charge in [0.25, 0.3) is 5.91 Å². The minimum absolute atomic E-state index is 0.114. The van der Waals surface area contributed by atoms with Crippen LogP contribution >= 0.6 is 0 Å². The molecule has 170 valence electrons. The van der Waals surface area contributed by atoms with Crippen molar-refractivity contribution in [3.63, 3.8) is 0 Å². The molecular weight excluding hydrogens is 434 g/mol. The van der Waals surface area contributed by atoms with Crippen LogP contribution in [0.4, 0.5) is 23.2 Å². The van der Waals surface area contributed by atoms with E-state index in [-0.39, 0.29) is 17.9 Å². The van der Waals surface area contributed by atoms with E-state index in [1.807, 2.05) is 0 Å². The molecule has 0 fully saturated rings. The van der Waals surface area contributed by atoms with E-state index in [0.29, 0.717) is 29.3 Å². The number of ether oxygens (including phenoxy) is 2. The molecule has 0 aliphatic heterocycles. The van der Waals surface area contributed by atoms with E-state index in [2.05, 4.69) is 15.0 Å². The number of esters is 1. The number of rotatable bonds is 6. The van der Waals surface area contributed by atoms with Gasteiger partial charge in [-0.2, -0.15) is 13.2 Å². The number of imidazole rings is 1. The third kappa shape index (κ3) is 4.51. The largest absolute Gasteiger partial charge is 0.494 e. The van der Waals surface area contributed by atoms with Gasteiger partial charge in [-0.25, -0.2) is 9.37 Å². The van der Waals surface area contributed by atoms with Crippen molar-refractivity contribution in [2.75, 3.05) is 19.5 Å². The molecule has 3 rings (SSSR count). The van der Waals surface area contributed by atoms with E-state index in [1.165, 1.54) is 26.4 Å². The minimum Gasteiger partial charge on any atom is -0.494 e. The highest BCUT2D eigenvalue weighted by Crippen LogP contribution is 2.34. The Morgan fingerprint density at radius 3 is 2.53 bits per heavy atom. The molecule has 1 aromatic heterocycles. The summed E-state index contributed by atoms with van der Waals surface area (Å²) in [7, 11) is 4.32. The molecule has 0 spiro atoms. The van der Waals surface area contributed by atoms with E-state index < -0.39 is 35.0 Å². The summed E-state index contributed by atoms with van der Waals surface area (Å²) < 4.78 is 64.8. The number of hydrogen-bond acceptors (Lipinski definition) is 5. The van der Waals surface area contributed by atoms with Gasteiger partial charge in [0.1, 0.15) is 17.4 Å². The Bertz CT molecular complexity index is 1190. The van der Waals surface area contributed by atoms with Gasteiger partial charge in [-0.05, 0) is 18.2 Å². The number of alkyl halides is 3. The first-order valence-electron chi connectivity index (χ1n) is 9.34. The average Bonchev–Trinajstić information content (AvgIpc) is 3.05. The highest BCUT2D eigenvalue weighted by Gasteiger charge is 2.35. The minimum atomic E-state index is -4.94. The molecule has 1 N–H and O–H groups in total. The van der Waals surface area contributed by atoms with Gasteiger partial charge in [-0.1, -0.05) is 6.07 Å². The predicted octanol–water partition coefficient (Wildman–Crippen LogP) is 4.10. The van der Waals surface area contributed by atoms with Gasteiger partial charge in [0.15, 0.2) is 0 Å². The van der Waals surface area contributed by atoms with E-state index in [4.69, 9.17) is 4.74 Å². The summed E-state index contributed by atoms with van der Waals surface area (Å²) in [5.41, 5.74) is -1.11. The van der Waals surface area contributed by atoms with E-state index in [9.17, 15) is 27.2 Å². The van der Waals surface area contributed by atoms with E-state index in [0.717, 1.165) is 12.1 Å². The maximum Gasteiger partial charge on any atom is 0.419 e. The van der Waals surface area contributed by atoms with Gasteiger partial charge in [0.05, 0.1) is 48.5 Å². The van der Waals surface area contributed by atoms with Crippen LogP contribution in [-0.2, 0) is 29.2 Å². The van der Waals surface area contributed by atoms with Crippen molar-refractivity contribution in [1.82, 2.24) is 9.55 Å². The van der Waals surface area contributed by atoms with Gasteiger partial charge < -0.3 is 19.4 Å². The summed E-state index contributed by atoms with van der Waals surface area (Å²) >= 11 is 0. The van der Waals surface area contributed by atoms with Crippen molar-refractivity contribution in [2.45, 2.75) is 19.0 Å². The van der Waals surface area contributed by atoms with Crippen molar-refractivity contribution in [3.8, 4) is 5.75 Å². The fraction of sp³-hybridized carbons (Fsp3) is 0.286. The molecule has 0 saturated carbocycles. The number of aromatic nitrogens is 2. The van der Waals surface area contributed by atoms with Gasteiger partial charge in [-0.15, -0.1) is 0 Å². The summed E-state index contributed by atoms with van der Waals surface area (Å²) in [5.74, 6) is -2.39. The molecule has 1 amide bonds. The number of hydrogen-bond donors (Lipinski definition) is 1. The standard InChI is InChI=1S/C21H19F4N3O4/c1-28-15-9-14(16(31-2)10-13(15)26-17(28)7-8-18(29)32-3)27-20(30)11-5-4-6-12(19(11)22)21(23,24)25/h4-6,9-10H,7-8H2,1-3H3,(H,27,30). The van der Waals surface area contributed by atoms with Crippen LogP contribution in [0.15, 0.2) is 30.3 Å². The Morgan fingerprint density at radius 2 is 1.91 bits per heavy atom. The molecule has 3 aromatic rings. The number of benzene rings is 2. The van der Waals surface area contributed by atoms with Crippen molar-refractivity contribution >= 4 is 28.6 Å². The molecule has 0 unspecified atom stereocenters. The zero-order valence-corrected chi connectivity index (χ0v) is 17.3. The van der Waals surface area contributed by atoms with Crippen molar-refractivity contribution in [3.05, 3.63) is 53.1 Å². The molecule has 32 heavy (non-hydrogen) atoms. The average molecular weight is 453 g/mol. The maximum absolute atomic E-state index is 14.3. The lowest BCUT2D eigenvalue weighted by Gasteiger charge is -2.13. The third-order valence-electron chi connectivity index (χ3n) is 4.87. The number of carbonyl (C=O) groups excluding carboxylic acids is 2. The number of amides is 1. The number of aryl methyl sites for hydroxylation is 2. The summed E-state index contributed by atoms with van der Waals surface area (Å²) in [6, 6.07) is 5.50. The smallest absolute Gasteiger partial charge is 0.419 e. The number of halogens is 4. The number of nitrogens with zero attached hydrogens (tertiary/aromatic N) is 2. The molecule has 0 saturated heterocycles. The van der Waals surface area contributed by atoms with Crippen LogP contribution in [0, 0.1) is 5.82 Å². The second-order valence-corrected chi connectivity index (χ2v) is 6.82. The predicted molar refractivity (Wildman–Crippen MR) is 107 cm³/mol. The van der Waals surface area contributed by atoms with Crippen molar-refractivity contribution in [2.24, 2.45) is 7.05 Å². The first kappa shape index (κ1) is 23.0. The Balaban J connectivity index is 1.96. The van der Waals surface area contributed by atoms with Crippen molar-refractivity contribution < 1.29 is 36.6 Å². The first-order chi connectivity index (χ1) is 15.1. The summed E-state index contributed by atoms with van der Waals surface area (Å²) in [4.78, 5) is 28.4. The zero-order valence-electron chi connectivity index (χ0n) is 17.3.